The smallest absolute Gasteiger partial charge is 0.335 e. The molecule has 2 aromatic rings. The van der Waals surface area contributed by atoms with Crippen molar-refractivity contribution in [3.8, 4) is 5.75 Å². The fourth-order valence-corrected chi connectivity index (χ4v) is 1.04. The van der Waals surface area contributed by atoms with Crippen LogP contribution >= 0.6 is 0 Å². The molecule has 0 unspecified atom stereocenters. The van der Waals surface area contributed by atoms with E-state index in [1.165, 1.54) is 0 Å². The summed E-state index contributed by atoms with van der Waals surface area (Å²) in [6.45, 7) is 3.30. The first kappa shape index (κ1) is 8.43. The monoisotopic (exact) mass is 189 g/mol. The summed E-state index contributed by atoms with van der Waals surface area (Å²) in [7, 11) is 0. The molecule has 0 fully saturated rings. The maximum atomic E-state index is 10.9. The molecule has 5 nitrogen and oxygen atoms in total. The molecule has 14 heavy (non-hydrogen) atoms. The molecule has 0 atom stereocenters. The first-order valence-corrected chi connectivity index (χ1v) is 3.94. The summed E-state index contributed by atoms with van der Waals surface area (Å²) in [5, 5.41) is 10.2. The largest absolute Gasteiger partial charge is 0.423 e. The Morgan fingerprint density at radius 3 is 3.00 bits per heavy atom. The Balaban J connectivity index is 2.34. The zero-order valence-corrected chi connectivity index (χ0v) is 7.23. The van der Waals surface area contributed by atoms with E-state index in [0.717, 1.165) is 11.6 Å². The van der Waals surface area contributed by atoms with Crippen LogP contribution in [0, 0.1) is 0 Å². The molecule has 0 spiro atoms. The van der Waals surface area contributed by atoms with Crippen molar-refractivity contribution in [3.05, 3.63) is 30.9 Å². The van der Waals surface area contributed by atoms with Crippen molar-refractivity contribution in [1.82, 2.24) is 15.4 Å². The average molecular weight is 189 g/mol. The Kier molecular flexibility index (Phi) is 1.98. The van der Waals surface area contributed by atoms with Gasteiger partial charge < -0.3 is 4.74 Å². The van der Waals surface area contributed by atoms with Gasteiger partial charge in [-0.2, -0.15) is 15.4 Å². The normalized spacial score (nSPS) is 10.0. The molecule has 0 amide bonds. The van der Waals surface area contributed by atoms with E-state index in [1.54, 1.807) is 18.2 Å². The van der Waals surface area contributed by atoms with Crippen LogP contribution in [0.25, 0.3) is 11.0 Å². The number of rotatable bonds is 2. The Labute approximate surface area is 79.4 Å². The number of esters is 1. The van der Waals surface area contributed by atoms with Crippen molar-refractivity contribution < 1.29 is 9.53 Å². The fraction of sp³-hybridized carbons (Fsp3) is 0. The second-order valence-corrected chi connectivity index (χ2v) is 2.60. The van der Waals surface area contributed by atoms with Crippen LogP contribution in [0.3, 0.4) is 0 Å². The number of H-pyrrole nitrogens is 1. The molecule has 0 saturated heterocycles. The van der Waals surface area contributed by atoms with Crippen molar-refractivity contribution in [2.24, 2.45) is 0 Å². The molecule has 0 saturated carbocycles. The lowest BCUT2D eigenvalue weighted by molar-refractivity contribution is -0.128. The van der Waals surface area contributed by atoms with Gasteiger partial charge in [0.25, 0.3) is 0 Å². The van der Waals surface area contributed by atoms with Gasteiger partial charge in [-0.05, 0) is 12.1 Å². The molecule has 2 rings (SSSR count). The summed E-state index contributed by atoms with van der Waals surface area (Å²) in [5.41, 5.74) is 1.38. The van der Waals surface area contributed by atoms with Gasteiger partial charge in [-0.25, -0.2) is 4.79 Å². The summed E-state index contributed by atoms with van der Waals surface area (Å²) in [6, 6.07) is 4.98. The lowest BCUT2D eigenvalue weighted by Gasteiger charge is -1.99. The fourth-order valence-electron chi connectivity index (χ4n) is 1.04. The summed E-state index contributed by atoms with van der Waals surface area (Å²) in [5.74, 6) is -0.0656. The van der Waals surface area contributed by atoms with Crippen LogP contribution in [0.5, 0.6) is 5.75 Å². The molecule has 0 aliphatic rings. The third-order valence-electron chi connectivity index (χ3n) is 1.67. The number of hydrogen-bond acceptors (Lipinski definition) is 4. The number of ether oxygens (including phenoxy) is 1. The van der Waals surface area contributed by atoms with Gasteiger partial charge in [0.05, 0.1) is 0 Å². The lowest BCUT2D eigenvalue weighted by Crippen LogP contribution is -2.02. The van der Waals surface area contributed by atoms with E-state index in [-0.39, 0.29) is 0 Å². The molecule has 0 aliphatic heterocycles. The number of nitrogens with one attached hydrogen (secondary N) is 1. The number of carbonyl (C=O) groups excluding carboxylic acids is 1. The van der Waals surface area contributed by atoms with Crippen LogP contribution < -0.4 is 4.74 Å². The number of carbonyl (C=O) groups is 1. The van der Waals surface area contributed by atoms with Gasteiger partial charge in [-0.15, -0.1) is 0 Å². The Hall–Kier alpha value is -2.17. The summed E-state index contributed by atoms with van der Waals surface area (Å²) < 4.78 is 4.90. The van der Waals surface area contributed by atoms with Crippen LogP contribution in [0.1, 0.15) is 0 Å². The predicted octanol–water partition coefficient (Wildman–Crippen LogP) is 1.05. The maximum absolute atomic E-state index is 10.9. The SMILES string of the molecule is C=CC(=O)Oc1ccc2n[nH]nc2c1. The van der Waals surface area contributed by atoms with E-state index in [4.69, 9.17) is 4.74 Å². The van der Waals surface area contributed by atoms with Crippen LogP contribution in [-0.2, 0) is 4.79 Å². The first-order valence-electron chi connectivity index (χ1n) is 3.94. The Bertz CT molecular complexity index is 490. The van der Waals surface area contributed by atoms with Gasteiger partial charge in [-0.1, -0.05) is 6.58 Å². The lowest BCUT2D eigenvalue weighted by atomic mass is 10.3. The van der Waals surface area contributed by atoms with E-state index < -0.39 is 5.97 Å². The standard InChI is InChI=1S/C9H7N3O2/c1-2-9(13)14-6-3-4-7-8(5-6)11-12-10-7/h2-5H,1H2,(H,10,11,12). The van der Waals surface area contributed by atoms with Crippen LogP contribution in [0.4, 0.5) is 0 Å². The number of fused-ring (bicyclic) bond motifs is 1. The molecule has 1 aromatic carbocycles. The van der Waals surface area contributed by atoms with Crippen molar-refractivity contribution in [2.45, 2.75) is 0 Å². The first-order chi connectivity index (χ1) is 6.79. The number of aromatic nitrogens is 3. The minimum atomic E-state index is -0.493. The highest BCUT2D eigenvalue weighted by atomic mass is 16.5. The molecule has 1 aromatic heterocycles. The summed E-state index contributed by atoms with van der Waals surface area (Å²) in [6.07, 6.45) is 1.10. The molecule has 70 valence electrons. The second kappa shape index (κ2) is 3.29. The van der Waals surface area contributed by atoms with Gasteiger partial charge in [-0.3, -0.25) is 0 Å². The minimum absolute atomic E-state index is 0.427. The average Bonchev–Trinajstić information content (AvgIpc) is 2.64. The van der Waals surface area contributed by atoms with Gasteiger partial charge in [0.2, 0.25) is 0 Å². The van der Waals surface area contributed by atoms with E-state index in [2.05, 4.69) is 22.0 Å². The van der Waals surface area contributed by atoms with Crippen LogP contribution in [0.2, 0.25) is 0 Å². The van der Waals surface area contributed by atoms with Crippen molar-refractivity contribution in [2.75, 3.05) is 0 Å². The van der Waals surface area contributed by atoms with Gasteiger partial charge in [0, 0.05) is 12.1 Å². The third kappa shape index (κ3) is 1.47. The van der Waals surface area contributed by atoms with Crippen LogP contribution in [0.15, 0.2) is 30.9 Å². The Morgan fingerprint density at radius 2 is 2.21 bits per heavy atom. The number of benzene rings is 1. The van der Waals surface area contributed by atoms with E-state index in [9.17, 15) is 4.79 Å². The van der Waals surface area contributed by atoms with E-state index in [1.807, 2.05) is 0 Å². The molecular formula is C9H7N3O2. The van der Waals surface area contributed by atoms with E-state index in [0.29, 0.717) is 11.3 Å². The molecule has 0 aliphatic carbocycles. The van der Waals surface area contributed by atoms with Crippen LogP contribution in [-0.4, -0.2) is 21.4 Å². The second-order valence-electron chi connectivity index (χ2n) is 2.60. The predicted molar refractivity (Wildman–Crippen MR) is 49.7 cm³/mol. The molecule has 0 bridgehead atoms. The van der Waals surface area contributed by atoms with Crippen molar-refractivity contribution >= 4 is 17.0 Å². The number of aromatic amines is 1. The highest BCUT2D eigenvalue weighted by Crippen LogP contribution is 2.16. The zero-order chi connectivity index (χ0) is 9.97. The summed E-state index contributed by atoms with van der Waals surface area (Å²) >= 11 is 0. The molecule has 1 heterocycles. The molecule has 5 heteroatoms. The molecular weight excluding hydrogens is 182 g/mol. The highest BCUT2D eigenvalue weighted by molar-refractivity contribution is 5.84. The zero-order valence-electron chi connectivity index (χ0n) is 7.23. The quantitative estimate of drug-likeness (QED) is 0.435. The maximum Gasteiger partial charge on any atom is 0.335 e. The Morgan fingerprint density at radius 1 is 1.43 bits per heavy atom. The van der Waals surface area contributed by atoms with Gasteiger partial charge >= 0.3 is 5.97 Å². The van der Waals surface area contributed by atoms with E-state index >= 15 is 0 Å². The summed E-state index contributed by atoms with van der Waals surface area (Å²) in [4.78, 5) is 10.9. The van der Waals surface area contributed by atoms with Gasteiger partial charge in [0.1, 0.15) is 16.8 Å². The third-order valence-corrected chi connectivity index (χ3v) is 1.67. The van der Waals surface area contributed by atoms with Crippen molar-refractivity contribution in [1.29, 1.82) is 0 Å². The highest BCUT2D eigenvalue weighted by Gasteiger charge is 2.02. The number of nitrogens with zero attached hydrogens (tertiary/aromatic N) is 2. The molecule has 0 radical (unpaired) electrons. The minimum Gasteiger partial charge on any atom is -0.423 e. The van der Waals surface area contributed by atoms with Gasteiger partial charge in [0.15, 0.2) is 0 Å². The molecule has 1 N–H and O–H groups in total. The van der Waals surface area contributed by atoms with Crippen molar-refractivity contribution in [3.63, 3.8) is 0 Å². The number of hydrogen-bond donors (Lipinski definition) is 1. The topological polar surface area (TPSA) is 67.9 Å².